The molecule has 0 saturated carbocycles. The summed E-state index contributed by atoms with van der Waals surface area (Å²) < 4.78 is 13.7. The molecule has 1 heterocycles. The first kappa shape index (κ1) is 15.4. The molecule has 2 atom stereocenters. The molecule has 1 amide bonds. The van der Waals surface area contributed by atoms with Gasteiger partial charge in [-0.15, -0.1) is 0 Å². The van der Waals surface area contributed by atoms with Crippen LogP contribution in [0.15, 0.2) is 18.2 Å². The Morgan fingerprint density at radius 2 is 2.33 bits per heavy atom. The third-order valence-electron chi connectivity index (χ3n) is 3.83. The molecule has 0 bridgehead atoms. The average Bonchev–Trinajstić information content (AvgIpc) is 2.49. The van der Waals surface area contributed by atoms with Gasteiger partial charge in [-0.2, -0.15) is 0 Å². The van der Waals surface area contributed by atoms with Crippen LogP contribution >= 0.6 is 0 Å². The highest BCUT2D eigenvalue weighted by molar-refractivity contribution is 5.95. The van der Waals surface area contributed by atoms with E-state index in [0.717, 1.165) is 31.9 Å². The van der Waals surface area contributed by atoms with E-state index in [2.05, 4.69) is 17.6 Å². The van der Waals surface area contributed by atoms with Gasteiger partial charge in [-0.25, -0.2) is 4.39 Å². The lowest BCUT2D eigenvalue weighted by Crippen LogP contribution is -2.46. The number of hydrogen-bond donors (Lipinski definition) is 2. The van der Waals surface area contributed by atoms with Crippen molar-refractivity contribution in [1.82, 2.24) is 5.32 Å². The fraction of sp³-hybridized carbons (Fsp3) is 0.500. The third-order valence-corrected chi connectivity index (χ3v) is 3.83. The number of nitro groups is 1. The van der Waals surface area contributed by atoms with Crippen molar-refractivity contribution in [2.45, 2.75) is 32.2 Å². The topological polar surface area (TPSA) is 84.3 Å². The van der Waals surface area contributed by atoms with E-state index in [1.54, 1.807) is 0 Å². The number of halogens is 1. The molecule has 114 valence electrons. The van der Waals surface area contributed by atoms with Crippen LogP contribution in [0.4, 0.5) is 15.8 Å². The molecule has 1 saturated heterocycles. The summed E-state index contributed by atoms with van der Waals surface area (Å²) in [6.07, 6.45) is 2.76. The summed E-state index contributed by atoms with van der Waals surface area (Å²) in [6, 6.07) is 2.84. The smallest absolute Gasteiger partial charge is 0.272 e. The second-order valence-corrected chi connectivity index (χ2v) is 5.22. The van der Waals surface area contributed by atoms with Crippen LogP contribution in [0.5, 0.6) is 0 Å². The second kappa shape index (κ2) is 6.62. The molecule has 2 N–H and O–H groups in total. The van der Waals surface area contributed by atoms with Gasteiger partial charge in [-0.05, 0) is 31.4 Å². The monoisotopic (exact) mass is 295 g/mol. The van der Waals surface area contributed by atoms with E-state index < -0.39 is 10.7 Å². The standard InChI is InChI=1S/C14H18FN3O3/c1-2-9-5-6-16-13(7-9)14(19)17-12-4-3-10(18(20)21)8-11(12)15/h3-4,8-9,13,16H,2,5-7H2,1H3,(H,17,19). The number of anilines is 1. The van der Waals surface area contributed by atoms with Crippen molar-refractivity contribution in [1.29, 1.82) is 0 Å². The number of nitro benzene ring substituents is 1. The lowest BCUT2D eigenvalue weighted by Gasteiger charge is -2.28. The van der Waals surface area contributed by atoms with Crippen LogP contribution in [0.2, 0.25) is 0 Å². The van der Waals surface area contributed by atoms with E-state index in [1.807, 2.05) is 0 Å². The van der Waals surface area contributed by atoms with Gasteiger partial charge in [0.25, 0.3) is 5.69 Å². The maximum absolute atomic E-state index is 13.7. The van der Waals surface area contributed by atoms with Crippen molar-refractivity contribution in [3.8, 4) is 0 Å². The molecule has 0 radical (unpaired) electrons. The van der Waals surface area contributed by atoms with E-state index in [4.69, 9.17) is 0 Å². The summed E-state index contributed by atoms with van der Waals surface area (Å²) in [6.45, 7) is 2.85. The fourth-order valence-corrected chi connectivity index (χ4v) is 2.51. The minimum Gasteiger partial charge on any atom is -0.322 e. The van der Waals surface area contributed by atoms with Crippen molar-refractivity contribution < 1.29 is 14.1 Å². The van der Waals surface area contributed by atoms with Gasteiger partial charge in [0.05, 0.1) is 22.7 Å². The molecular weight excluding hydrogens is 277 g/mol. The molecule has 1 aliphatic rings. The molecule has 1 aromatic rings. The number of non-ortho nitro benzene ring substituents is 1. The molecule has 7 heteroatoms. The number of hydrogen-bond acceptors (Lipinski definition) is 4. The summed E-state index contributed by atoms with van der Waals surface area (Å²) in [7, 11) is 0. The minimum absolute atomic E-state index is 0.0361. The van der Waals surface area contributed by atoms with Gasteiger partial charge in [-0.1, -0.05) is 13.3 Å². The number of carbonyl (C=O) groups is 1. The molecule has 0 spiro atoms. The molecule has 0 aromatic heterocycles. The molecule has 2 rings (SSSR count). The number of nitrogens with zero attached hydrogens (tertiary/aromatic N) is 1. The van der Waals surface area contributed by atoms with E-state index >= 15 is 0 Å². The first-order valence-electron chi connectivity index (χ1n) is 6.99. The van der Waals surface area contributed by atoms with Gasteiger partial charge >= 0.3 is 0 Å². The minimum atomic E-state index is -0.805. The zero-order valence-corrected chi connectivity index (χ0v) is 11.8. The Balaban J connectivity index is 2.04. The number of carbonyl (C=O) groups excluding carboxylic acids is 1. The van der Waals surface area contributed by atoms with Gasteiger partial charge in [0, 0.05) is 6.07 Å². The summed E-state index contributed by atoms with van der Waals surface area (Å²) in [5, 5.41) is 16.1. The molecular formula is C14H18FN3O3. The second-order valence-electron chi connectivity index (χ2n) is 5.22. The molecule has 1 fully saturated rings. The Morgan fingerprint density at radius 3 is 2.95 bits per heavy atom. The molecule has 1 aromatic carbocycles. The predicted molar refractivity (Wildman–Crippen MR) is 76.5 cm³/mol. The number of piperidine rings is 1. The number of benzene rings is 1. The van der Waals surface area contributed by atoms with E-state index in [0.29, 0.717) is 5.92 Å². The summed E-state index contributed by atoms with van der Waals surface area (Å²) in [4.78, 5) is 22.0. The Labute approximate surface area is 121 Å². The van der Waals surface area contributed by atoms with Crippen LogP contribution in [0, 0.1) is 21.8 Å². The SMILES string of the molecule is CCC1CCNC(C(=O)Nc2ccc([N+](=O)[O-])cc2F)C1. The highest BCUT2D eigenvalue weighted by atomic mass is 19.1. The van der Waals surface area contributed by atoms with Crippen molar-refractivity contribution >= 4 is 17.3 Å². The lowest BCUT2D eigenvalue weighted by molar-refractivity contribution is -0.385. The maximum Gasteiger partial charge on any atom is 0.272 e. The van der Waals surface area contributed by atoms with Crippen LogP contribution in [-0.2, 0) is 4.79 Å². The highest BCUT2D eigenvalue weighted by Gasteiger charge is 2.26. The van der Waals surface area contributed by atoms with Crippen molar-refractivity contribution in [3.05, 3.63) is 34.1 Å². The zero-order valence-electron chi connectivity index (χ0n) is 11.8. The van der Waals surface area contributed by atoms with Crippen LogP contribution < -0.4 is 10.6 Å². The Kier molecular flexibility index (Phi) is 4.85. The number of amides is 1. The van der Waals surface area contributed by atoms with Gasteiger partial charge in [0.1, 0.15) is 0 Å². The van der Waals surface area contributed by atoms with Gasteiger partial charge in [-0.3, -0.25) is 14.9 Å². The Bertz CT molecular complexity index is 550. The Morgan fingerprint density at radius 1 is 1.57 bits per heavy atom. The normalized spacial score (nSPS) is 21.8. The van der Waals surface area contributed by atoms with E-state index in [9.17, 15) is 19.3 Å². The van der Waals surface area contributed by atoms with Crippen LogP contribution in [0.25, 0.3) is 0 Å². The number of rotatable bonds is 4. The van der Waals surface area contributed by atoms with E-state index in [1.165, 1.54) is 12.1 Å². The van der Waals surface area contributed by atoms with Crippen molar-refractivity contribution in [2.75, 3.05) is 11.9 Å². The molecule has 6 nitrogen and oxygen atoms in total. The largest absolute Gasteiger partial charge is 0.322 e. The van der Waals surface area contributed by atoms with E-state index in [-0.39, 0.29) is 23.3 Å². The highest BCUT2D eigenvalue weighted by Crippen LogP contribution is 2.23. The third kappa shape index (κ3) is 3.75. The molecule has 21 heavy (non-hydrogen) atoms. The first-order chi connectivity index (χ1) is 10.0. The summed E-state index contributed by atoms with van der Waals surface area (Å²) >= 11 is 0. The fourth-order valence-electron chi connectivity index (χ4n) is 2.51. The average molecular weight is 295 g/mol. The molecule has 0 aliphatic carbocycles. The van der Waals surface area contributed by atoms with Crippen LogP contribution in [0.1, 0.15) is 26.2 Å². The summed E-state index contributed by atoms with van der Waals surface area (Å²) in [5.41, 5.74) is -0.377. The first-order valence-corrected chi connectivity index (χ1v) is 6.99. The van der Waals surface area contributed by atoms with Crippen molar-refractivity contribution in [3.63, 3.8) is 0 Å². The van der Waals surface area contributed by atoms with Crippen molar-refractivity contribution in [2.24, 2.45) is 5.92 Å². The molecule has 1 aliphatic heterocycles. The predicted octanol–water partition coefficient (Wildman–Crippen LogP) is 2.45. The van der Waals surface area contributed by atoms with Gasteiger partial charge in [0.15, 0.2) is 5.82 Å². The van der Waals surface area contributed by atoms with Gasteiger partial charge < -0.3 is 10.6 Å². The maximum atomic E-state index is 13.7. The zero-order chi connectivity index (χ0) is 15.4. The quantitative estimate of drug-likeness (QED) is 0.660. The molecule has 2 unspecified atom stereocenters. The number of nitrogens with one attached hydrogen (secondary N) is 2. The van der Waals surface area contributed by atoms with Crippen LogP contribution in [-0.4, -0.2) is 23.4 Å². The lowest BCUT2D eigenvalue weighted by atomic mass is 9.90. The van der Waals surface area contributed by atoms with Crippen LogP contribution in [0.3, 0.4) is 0 Å². The Hall–Kier alpha value is -2.02. The summed E-state index contributed by atoms with van der Waals surface area (Å²) in [5.74, 6) is -0.620. The van der Waals surface area contributed by atoms with Gasteiger partial charge in [0.2, 0.25) is 5.91 Å².